The van der Waals surface area contributed by atoms with Crippen molar-refractivity contribution in [3.8, 4) is 0 Å². The van der Waals surface area contributed by atoms with E-state index in [4.69, 9.17) is 9.84 Å². The quantitative estimate of drug-likeness (QED) is 0.884. The molecule has 1 aromatic carbocycles. The zero-order chi connectivity index (χ0) is 15.9. The average molecular weight is 306 g/mol. The van der Waals surface area contributed by atoms with Gasteiger partial charge in [0.05, 0.1) is 12.6 Å². The minimum absolute atomic E-state index is 0.0848. The van der Waals surface area contributed by atoms with E-state index in [0.717, 1.165) is 10.5 Å². The van der Waals surface area contributed by atoms with E-state index < -0.39 is 18.2 Å². The molecule has 1 aromatic rings. The summed E-state index contributed by atoms with van der Waals surface area (Å²) in [6, 6.07) is 8.81. The Balaban J connectivity index is 1.84. The Morgan fingerprint density at radius 2 is 2.05 bits per heavy atom. The van der Waals surface area contributed by atoms with Crippen molar-refractivity contribution in [1.82, 2.24) is 10.2 Å². The number of nitrogens with zero attached hydrogens (tertiary/aromatic N) is 1. The fourth-order valence-corrected chi connectivity index (χ4v) is 2.24. The highest BCUT2D eigenvalue weighted by Crippen LogP contribution is 2.09. The van der Waals surface area contributed by atoms with Gasteiger partial charge in [-0.1, -0.05) is 30.3 Å². The molecule has 0 saturated carbocycles. The monoisotopic (exact) mass is 306 g/mol. The first-order chi connectivity index (χ1) is 10.5. The SMILES string of the molecule is O=C1CCC(NC(=O)OCc2ccccc2)CN(C(=O)O)C1. The van der Waals surface area contributed by atoms with Gasteiger partial charge in [0, 0.05) is 13.0 Å². The zero-order valence-electron chi connectivity index (χ0n) is 12.0. The van der Waals surface area contributed by atoms with Crippen molar-refractivity contribution in [1.29, 1.82) is 0 Å². The minimum Gasteiger partial charge on any atom is -0.465 e. The molecule has 2 amide bonds. The van der Waals surface area contributed by atoms with Gasteiger partial charge in [0.1, 0.15) is 6.61 Å². The van der Waals surface area contributed by atoms with E-state index >= 15 is 0 Å². The number of likely N-dealkylation sites (tertiary alicyclic amines) is 1. The van der Waals surface area contributed by atoms with Crippen LogP contribution in [-0.4, -0.2) is 47.1 Å². The number of ketones is 1. The molecular weight excluding hydrogens is 288 g/mol. The number of hydrogen-bond donors (Lipinski definition) is 2. The third kappa shape index (κ3) is 4.76. The molecule has 1 atom stereocenters. The first-order valence-electron chi connectivity index (χ1n) is 7.01. The van der Waals surface area contributed by atoms with Gasteiger partial charge in [-0.15, -0.1) is 0 Å². The van der Waals surface area contributed by atoms with Gasteiger partial charge >= 0.3 is 12.2 Å². The van der Waals surface area contributed by atoms with Crippen LogP contribution in [0.15, 0.2) is 30.3 Å². The smallest absolute Gasteiger partial charge is 0.407 e. The van der Waals surface area contributed by atoms with Gasteiger partial charge in [0.15, 0.2) is 5.78 Å². The molecule has 1 heterocycles. The molecule has 2 N–H and O–H groups in total. The number of ether oxygens (including phenoxy) is 1. The maximum atomic E-state index is 11.8. The lowest BCUT2D eigenvalue weighted by Crippen LogP contribution is -2.44. The Morgan fingerprint density at radius 3 is 2.73 bits per heavy atom. The van der Waals surface area contributed by atoms with Crippen LogP contribution >= 0.6 is 0 Å². The molecule has 0 spiro atoms. The molecule has 1 aliphatic heterocycles. The van der Waals surface area contributed by atoms with Gasteiger partial charge in [-0.3, -0.25) is 9.69 Å². The summed E-state index contributed by atoms with van der Waals surface area (Å²) in [5.41, 5.74) is 0.862. The van der Waals surface area contributed by atoms with Crippen LogP contribution in [0.5, 0.6) is 0 Å². The van der Waals surface area contributed by atoms with Gasteiger partial charge in [-0.2, -0.15) is 0 Å². The molecule has 1 fully saturated rings. The third-order valence-corrected chi connectivity index (χ3v) is 3.38. The number of carbonyl (C=O) groups excluding carboxylic acids is 2. The second kappa shape index (κ2) is 7.44. The normalized spacial score (nSPS) is 18.5. The zero-order valence-corrected chi connectivity index (χ0v) is 12.0. The Morgan fingerprint density at radius 1 is 1.32 bits per heavy atom. The van der Waals surface area contributed by atoms with Crippen LogP contribution < -0.4 is 5.32 Å². The summed E-state index contributed by atoms with van der Waals surface area (Å²) in [6.07, 6.45) is -1.13. The lowest BCUT2D eigenvalue weighted by atomic mass is 10.1. The van der Waals surface area contributed by atoms with Crippen molar-refractivity contribution >= 4 is 18.0 Å². The highest BCUT2D eigenvalue weighted by atomic mass is 16.5. The molecular formula is C15H18N2O5. The van der Waals surface area contributed by atoms with E-state index in [2.05, 4.69) is 5.32 Å². The Hall–Kier alpha value is -2.57. The number of carboxylic acid groups (broad SMARTS) is 1. The molecule has 1 unspecified atom stereocenters. The Labute approximate surface area is 127 Å². The van der Waals surface area contributed by atoms with Gasteiger partial charge in [0.2, 0.25) is 0 Å². The molecule has 0 aliphatic carbocycles. The van der Waals surface area contributed by atoms with Crippen LogP contribution in [0.3, 0.4) is 0 Å². The number of Topliss-reactive ketones (excluding diaryl/α,β-unsaturated/α-hetero) is 1. The van der Waals surface area contributed by atoms with E-state index in [1.54, 1.807) is 0 Å². The van der Waals surface area contributed by atoms with Crippen LogP contribution in [0.2, 0.25) is 0 Å². The Kier molecular flexibility index (Phi) is 5.35. The molecule has 2 rings (SSSR count). The lowest BCUT2D eigenvalue weighted by molar-refractivity contribution is -0.119. The first-order valence-corrected chi connectivity index (χ1v) is 7.01. The van der Waals surface area contributed by atoms with Crippen LogP contribution in [0.25, 0.3) is 0 Å². The van der Waals surface area contributed by atoms with Crippen molar-refractivity contribution in [2.45, 2.75) is 25.5 Å². The largest absolute Gasteiger partial charge is 0.465 e. The van der Waals surface area contributed by atoms with Crippen LogP contribution in [0.1, 0.15) is 18.4 Å². The van der Waals surface area contributed by atoms with Crippen LogP contribution in [0, 0.1) is 0 Å². The van der Waals surface area contributed by atoms with Gasteiger partial charge in [0.25, 0.3) is 0 Å². The average Bonchev–Trinajstić information content (AvgIpc) is 2.68. The minimum atomic E-state index is -1.17. The Bertz CT molecular complexity index is 546. The fraction of sp³-hybridized carbons (Fsp3) is 0.400. The molecule has 7 nitrogen and oxygen atoms in total. The van der Waals surface area contributed by atoms with E-state index in [-0.39, 0.29) is 31.9 Å². The second-order valence-corrected chi connectivity index (χ2v) is 5.14. The third-order valence-electron chi connectivity index (χ3n) is 3.38. The molecule has 0 radical (unpaired) electrons. The van der Waals surface area contributed by atoms with E-state index in [0.29, 0.717) is 6.42 Å². The molecule has 22 heavy (non-hydrogen) atoms. The summed E-state index contributed by atoms with van der Waals surface area (Å²) < 4.78 is 5.09. The summed E-state index contributed by atoms with van der Waals surface area (Å²) in [5.74, 6) is -0.149. The molecule has 0 bridgehead atoms. The molecule has 1 saturated heterocycles. The van der Waals surface area contributed by atoms with E-state index in [1.165, 1.54) is 0 Å². The topological polar surface area (TPSA) is 95.9 Å². The standard InChI is InChI=1S/C15H18N2O5/c18-13-7-6-12(8-17(9-13)15(20)21)16-14(19)22-10-11-4-2-1-3-5-11/h1-5,12H,6-10H2,(H,16,19)(H,20,21). The molecule has 7 heteroatoms. The van der Waals surface area contributed by atoms with Crippen molar-refractivity contribution in [2.24, 2.45) is 0 Å². The number of nitrogens with one attached hydrogen (secondary N) is 1. The summed E-state index contributed by atoms with van der Waals surface area (Å²) >= 11 is 0. The predicted octanol–water partition coefficient (Wildman–Crippen LogP) is 1.62. The van der Waals surface area contributed by atoms with E-state index in [9.17, 15) is 14.4 Å². The number of hydrogen-bond acceptors (Lipinski definition) is 4. The highest BCUT2D eigenvalue weighted by Gasteiger charge is 2.26. The summed E-state index contributed by atoms with van der Waals surface area (Å²) in [5, 5.41) is 11.6. The highest BCUT2D eigenvalue weighted by molar-refractivity contribution is 5.84. The molecule has 1 aliphatic rings. The van der Waals surface area contributed by atoms with E-state index in [1.807, 2.05) is 30.3 Å². The summed E-state index contributed by atoms with van der Waals surface area (Å²) in [6.45, 7) is 0.0923. The summed E-state index contributed by atoms with van der Waals surface area (Å²) in [4.78, 5) is 35.3. The maximum Gasteiger partial charge on any atom is 0.407 e. The second-order valence-electron chi connectivity index (χ2n) is 5.14. The maximum absolute atomic E-state index is 11.8. The van der Waals surface area contributed by atoms with Crippen molar-refractivity contribution in [2.75, 3.05) is 13.1 Å². The fourth-order valence-electron chi connectivity index (χ4n) is 2.24. The van der Waals surface area contributed by atoms with Crippen molar-refractivity contribution in [3.05, 3.63) is 35.9 Å². The summed E-state index contributed by atoms with van der Waals surface area (Å²) in [7, 11) is 0. The van der Waals surface area contributed by atoms with Gasteiger partial charge in [-0.05, 0) is 12.0 Å². The lowest BCUT2D eigenvalue weighted by Gasteiger charge is -2.21. The van der Waals surface area contributed by atoms with Crippen molar-refractivity contribution in [3.63, 3.8) is 0 Å². The number of alkyl carbamates (subject to hydrolysis) is 1. The van der Waals surface area contributed by atoms with Crippen molar-refractivity contribution < 1.29 is 24.2 Å². The van der Waals surface area contributed by atoms with Gasteiger partial charge in [-0.25, -0.2) is 9.59 Å². The number of rotatable bonds is 3. The number of benzene rings is 1. The van der Waals surface area contributed by atoms with Crippen LogP contribution in [0.4, 0.5) is 9.59 Å². The number of carbonyl (C=O) groups is 3. The molecule has 118 valence electrons. The number of amides is 2. The predicted molar refractivity (Wildman–Crippen MR) is 77.4 cm³/mol. The molecule has 0 aromatic heterocycles. The van der Waals surface area contributed by atoms with Crippen LogP contribution in [-0.2, 0) is 16.1 Å². The van der Waals surface area contributed by atoms with Gasteiger partial charge < -0.3 is 15.2 Å². The first kappa shape index (κ1) is 15.8.